The summed E-state index contributed by atoms with van der Waals surface area (Å²) in [6, 6.07) is 11.2. The lowest BCUT2D eigenvalue weighted by molar-refractivity contribution is -0.113. The molecule has 0 aliphatic heterocycles. The molecule has 3 rings (SSSR count). The average Bonchev–Trinajstić information content (AvgIpc) is 3.16. The van der Waals surface area contributed by atoms with Gasteiger partial charge in [-0.2, -0.15) is 5.10 Å². The van der Waals surface area contributed by atoms with Crippen molar-refractivity contribution in [3.63, 3.8) is 0 Å². The molecule has 23 heavy (non-hydrogen) atoms. The number of aromatic nitrogens is 4. The largest absolute Gasteiger partial charge is 0.414 e. The fraction of sp³-hybridized carbons (Fsp3) is 0.200. The molecule has 1 N–H and O–H groups in total. The van der Waals surface area contributed by atoms with Crippen molar-refractivity contribution < 1.29 is 9.21 Å². The number of amides is 1. The number of carbonyl (C=O) groups is 1. The van der Waals surface area contributed by atoms with E-state index in [-0.39, 0.29) is 11.7 Å². The lowest BCUT2D eigenvalue weighted by Gasteiger charge is -2.02. The van der Waals surface area contributed by atoms with Gasteiger partial charge in [0, 0.05) is 11.9 Å². The Bertz CT molecular complexity index is 784. The molecule has 0 atom stereocenters. The Hall–Kier alpha value is -2.61. The number of anilines is 1. The number of nitrogens with one attached hydrogen (secondary N) is 1. The van der Waals surface area contributed by atoms with Crippen molar-refractivity contribution in [2.75, 3.05) is 11.1 Å². The lowest BCUT2D eigenvalue weighted by atomic mass is 10.3. The van der Waals surface area contributed by atoms with Gasteiger partial charge in [0.1, 0.15) is 6.54 Å². The Kier molecular flexibility index (Phi) is 4.72. The van der Waals surface area contributed by atoms with Crippen LogP contribution in [0.15, 0.2) is 52.2 Å². The second-order valence-electron chi connectivity index (χ2n) is 4.82. The van der Waals surface area contributed by atoms with Crippen molar-refractivity contribution in [3.8, 4) is 0 Å². The Balaban J connectivity index is 1.50. The molecule has 8 heteroatoms. The fourth-order valence-corrected chi connectivity index (χ4v) is 2.48. The number of hydrogen-bond donors (Lipinski definition) is 1. The summed E-state index contributed by atoms with van der Waals surface area (Å²) >= 11 is 1.20. The Morgan fingerprint density at radius 1 is 1.26 bits per heavy atom. The summed E-state index contributed by atoms with van der Waals surface area (Å²) in [6.45, 7) is 2.33. The monoisotopic (exact) mass is 329 g/mol. The molecular formula is C15H15N5O2S. The molecule has 0 fully saturated rings. The highest BCUT2D eigenvalue weighted by Gasteiger charge is 2.10. The van der Waals surface area contributed by atoms with Crippen LogP contribution < -0.4 is 5.32 Å². The highest BCUT2D eigenvalue weighted by Crippen LogP contribution is 2.17. The van der Waals surface area contributed by atoms with Crippen LogP contribution in [0.1, 0.15) is 11.6 Å². The number of para-hydroxylation sites is 1. The summed E-state index contributed by atoms with van der Waals surface area (Å²) in [5.41, 5.74) is 1.69. The molecule has 2 heterocycles. The van der Waals surface area contributed by atoms with E-state index in [0.717, 1.165) is 11.4 Å². The maximum absolute atomic E-state index is 11.9. The lowest BCUT2D eigenvalue weighted by Crippen LogP contribution is -2.13. The smallest absolute Gasteiger partial charge is 0.277 e. The van der Waals surface area contributed by atoms with E-state index in [4.69, 9.17) is 4.42 Å². The molecular weight excluding hydrogens is 314 g/mol. The maximum atomic E-state index is 11.9. The average molecular weight is 329 g/mol. The van der Waals surface area contributed by atoms with Gasteiger partial charge >= 0.3 is 0 Å². The second kappa shape index (κ2) is 7.10. The fourth-order valence-electron chi connectivity index (χ4n) is 1.90. The SMILES string of the molecule is Cc1ccn(Cc2nnc(SCC(=O)Nc3ccccc3)o2)n1. The summed E-state index contributed by atoms with van der Waals surface area (Å²) in [5.74, 6) is 0.542. The zero-order valence-corrected chi connectivity index (χ0v) is 13.3. The number of rotatable bonds is 6. The number of benzene rings is 1. The quantitative estimate of drug-likeness (QED) is 0.699. The number of hydrogen-bond acceptors (Lipinski definition) is 6. The molecule has 1 amide bonds. The topological polar surface area (TPSA) is 85.8 Å². The summed E-state index contributed by atoms with van der Waals surface area (Å²) < 4.78 is 7.22. The van der Waals surface area contributed by atoms with Gasteiger partial charge in [-0.05, 0) is 25.1 Å². The summed E-state index contributed by atoms with van der Waals surface area (Å²) in [4.78, 5) is 11.9. The number of thioether (sulfide) groups is 1. The zero-order valence-electron chi connectivity index (χ0n) is 12.5. The zero-order chi connectivity index (χ0) is 16.1. The Labute approximate surface area is 137 Å². The predicted molar refractivity (Wildman–Crippen MR) is 86.2 cm³/mol. The van der Waals surface area contributed by atoms with Crippen LogP contribution in [0.4, 0.5) is 5.69 Å². The first kappa shape index (κ1) is 15.3. The standard InChI is InChI=1S/C15H15N5O2S/c1-11-7-8-20(19-11)9-14-17-18-15(22-14)23-10-13(21)16-12-5-3-2-4-6-12/h2-8H,9-10H2,1H3,(H,16,21). The molecule has 7 nitrogen and oxygen atoms in total. The highest BCUT2D eigenvalue weighted by molar-refractivity contribution is 7.99. The number of carbonyl (C=O) groups excluding carboxylic acids is 1. The molecule has 0 radical (unpaired) electrons. The van der Waals surface area contributed by atoms with Gasteiger partial charge in [-0.15, -0.1) is 10.2 Å². The molecule has 0 saturated carbocycles. The van der Waals surface area contributed by atoms with Crippen LogP contribution in [0.5, 0.6) is 0 Å². The van der Waals surface area contributed by atoms with Crippen molar-refractivity contribution in [2.24, 2.45) is 0 Å². The summed E-state index contributed by atoms with van der Waals surface area (Å²) in [5, 5.41) is 15.3. The molecule has 0 unspecified atom stereocenters. The number of aryl methyl sites for hydroxylation is 1. The molecule has 1 aromatic carbocycles. The van der Waals surface area contributed by atoms with Crippen molar-refractivity contribution in [2.45, 2.75) is 18.7 Å². The molecule has 0 spiro atoms. The first-order valence-electron chi connectivity index (χ1n) is 6.99. The van der Waals surface area contributed by atoms with Crippen LogP contribution in [-0.2, 0) is 11.3 Å². The van der Waals surface area contributed by atoms with Crippen LogP contribution in [0.3, 0.4) is 0 Å². The van der Waals surface area contributed by atoms with Crippen LogP contribution in [-0.4, -0.2) is 31.6 Å². The van der Waals surface area contributed by atoms with Crippen molar-refractivity contribution in [1.82, 2.24) is 20.0 Å². The summed E-state index contributed by atoms with van der Waals surface area (Å²) in [6.07, 6.45) is 1.85. The molecule has 3 aromatic rings. The third-order valence-electron chi connectivity index (χ3n) is 2.90. The van der Waals surface area contributed by atoms with Gasteiger partial charge in [-0.25, -0.2) is 0 Å². The summed E-state index contributed by atoms with van der Waals surface area (Å²) in [7, 11) is 0. The van der Waals surface area contributed by atoms with E-state index in [0.29, 0.717) is 17.7 Å². The third-order valence-corrected chi connectivity index (χ3v) is 3.72. The van der Waals surface area contributed by atoms with Crippen LogP contribution in [0, 0.1) is 6.92 Å². The van der Waals surface area contributed by atoms with E-state index in [1.807, 2.05) is 49.5 Å². The van der Waals surface area contributed by atoms with E-state index in [1.165, 1.54) is 11.8 Å². The van der Waals surface area contributed by atoms with Gasteiger partial charge in [0.25, 0.3) is 5.22 Å². The minimum atomic E-state index is -0.122. The molecule has 2 aromatic heterocycles. The van der Waals surface area contributed by atoms with Crippen LogP contribution >= 0.6 is 11.8 Å². The van der Waals surface area contributed by atoms with E-state index < -0.39 is 0 Å². The third kappa shape index (κ3) is 4.43. The van der Waals surface area contributed by atoms with E-state index in [9.17, 15) is 4.79 Å². The minimum Gasteiger partial charge on any atom is -0.414 e. The normalized spacial score (nSPS) is 10.7. The molecule has 0 aliphatic carbocycles. The molecule has 0 bridgehead atoms. The van der Waals surface area contributed by atoms with Gasteiger partial charge in [0.15, 0.2) is 0 Å². The van der Waals surface area contributed by atoms with Gasteiger partial charge in [0.2, 0.25) is 11.8 Å². The maximum Gasteiger partial charge on any atom is 0.277 e. The second-order valence-corrected chi connectivity index (χ2v) is 5.75. The predicted octanol–water partition coefficient (Wildman–Crippen LogP) is 2.35. The first-order valence-corrected chi connectivity index (χ1v) is 7.98. The van der Waals surface area contributed by atoms with E-state index in [1.54, 1.807) is 4.68 Å². The molecule has 0 saturated heterocycles. The minimum absolute atomic E-state index is 0.122. The molecule has 0 aliphatic rings. The van der Waals surface area contributed by atoms with Crippen molar-refractivity contribution in [1.29, 1.82) is 0 Å². The van der Waals surface area contributed by atoms with Gasteiger partial charge in [0.05, 0.1) is 11.4 Å². The van der Waals surface area contributed by atoms with Crippen molar-refractivity contribution in [3.05, 3.63) is 54.2 Å². The van der Waals surface area contributed by atoms with Crippen molar-refractivity contribution >= 4 is 23.4 Å². The highest BCUT2D eigenvalue weighted by atomic mass is 32.2. The molecule has 118 valence electrons. The Morgan fingerprint density at radius 3 is 2.83 bits per heavy atom. The van der Waals surface area contributed by atoms with Gasteiger partial charge in [-0.3, -0.25) is 9.48 Å². The van der Waals surface area contributed by atoms with E-state index >= 15 is 0 Å². The Morgan fingerprint density at radius 2 is 2.09 bits per heavy atom. The first-order chi connectivity index (χ1) is 11.2. The van der Waals surface area contributed by atoms with Crippen LogP contribution in [0.25, 0.3) is 0 Å². The van der Waals surface area contributed by atoms with Crippen LogP contribution in [0.2, 0.25) is 0 Å². The van der Waals surface area contributed by atoms with E-state index in [2.05, 4.69) is 20.6 Å². The van der Waals surface area contributed by atoms with Gasteiger partial charge < -0.3 is 9.73 Å². The van der Waals surface area contributed by atoms with Gasteiger partial charge in [-0.1, -0.05) is 30.0 Å². The number of nitrogens with zero attached hydrogens (tertiary/aromatic N) is 4.